The second kappa shape index (κ2) is 7.47. The van der Waals surface area contributed by atoms with Crippen molar-refractivity contribution in [2.75, 3.05) is 13.1 Å². The number of carbonyl (C=O) groups is 3. The van der Waals surface area contributed by atoms with Gasteiger partial charge in [0.15, 0.2) is 0 Å². The summed E-state index contributed by atoms with van der Waals surface area (Å²) in [7, 11) is 0. The van der Waals surface area contributed by atoms with Crippen LogP contribution in [0.5, 0.6) is 0 Å². The predicted octanol–water partition coefficient (Wildman–Crippen LogP) is 1.25. The molecule has 1 heterocycles. The number of ether oxygens (including phenoxy) is 1. The molecule has 6 heteroatoms. The lowest BCUT2D eigenvalue weighted by Crippen LogP contribution is -2.42. The van der Waals surface area contributed by atoms with Crippen molar-refractivity contribution in [3.63, 3.8) is 0 Å². The van der Waals surface area contributed by atoms with Crippen molar-refractivity contribution < 1.29 is 19.1 Å². The maximum Gasteiger partial charge on any atom is 0.325 e. The Morgan fingerprint density at radius 3 is 2.54 bits per heavy atom. The lowest BCUT2D eigenvalue weighted by Gasteiger charge is -2.29. The molecular formula is C18H24N2O4. The summed E-state index contributed by atoms with van der Waals surface area (Å²) in [4.78, 5) is 36.0. The molecule has 1 aromatic carbocycles. The third-order valence-corrected chi connectivity index (χ3v) is 4.23. The molecular weight excluding hydrogens is 308 g/mol. The first-order chi connectivity index (χ1) is 11.3. The Kier molecular flexibility index (Phi) is 5.59. The van der Waals surface area contributed by atoms with Gasteiger partial charge in [-0.25, -0.2) is 0 Å². The second-order valence-corrected chi connectivity index (χ2v) is 7.06. The number of rotatable bonds is 5. The molecule has 24 heavy (non-hydrogen) atoms. The van der Waals surface area contributed by atoms with E-state index in [1.807, 2.05) is 51.1 Å². The van der Waals surface area contributed by atoms with Gasteiger partial charge < -0.3 is 15.4 Å². The molecule has 1 aromatic rings. The third-order valence-electron chi connectivity index (χ3n) is 4.23. The second-order valence-electron chi connectivity index (χ2n) is 7.06. The first kappa shape index (κ1) is 18.0. The van der Waals surface area contributed by atoms with Crippen molar-refractivity contribution in [2.24, 2.45) is 17.3 Å². The van der Waals surface area contributed by atoms with Crippen molar-refractivity contribution >= 4 is 17.8 Å². The molecule has 130 valence electrons. The molecule has 0 bridgehead atoms. The summed E-state index contributed by atoms with van der Waals surface area (Å²) in [6.45, 7) is 6.36. The van der Waals surface area contributed by atoms with Crippen LogP contribution < -0.4 is 10.6 Å². The molecule has 1 fully saturated rings. The number of hydrogen-bond acceptors (Lipinski definition) is 4. The highest BCUT2D eigenvalue weighted by atomic mass is 16.5. The van der Waals surface area contributed by atoms with E-state index in [2.05, 4.69) is 10.6 Å². The van der Waals surface area contributed by atoms with E-state index in [-0.39, 0.29) is 30.4 Å². The number of amides is 2. The molecule has 6 nitrogen and oxygen atoms in total. The molecule has 2 rings (SSSR count). The summed E-state index contributed by atoms with van der Waals surface area (Å²) in [5, 5.41) is 5.24. The Hall–Kier alpha value is -2.37. The molecule has 0 aliphatic carbocycles. The lowest BCUT2D eigenvalue weighted by atomic mass is 9.74. The van der Waals surface area contributed by atoms with Gasteiger partial charge in [0.25, 0.3) is 0 Å². The van der Waals surface area contributed by atoms with Crippen LogP contribution in [0.1, 0.15) is 26.3 Å². The number of carbonyl (C=O) groups excluding carboxylic acids is 3. The summed E-state index contributed by atoms with van der Waals surface area (Å²) in [6.07, 6.45) is 0. The maximum absolute atomic E-state index is 12.3. The van der Waals surface area contributed by atoms with Crippen LogP contribution in [0.3, 0.4) is 0 Å². The van der Waals surface area contributed by atoms with Crippen molar-refractivity contribution in [2.45, 2.75) is 27.4 Å². The zero-order valence-electron chi connectivity index (χ0n) is 14.3. The lowest BCUT2D eigenvalue weighted by molar-refractivity contribution is -0.146. The monoisotopic (exact) mass is 332 g/mol. The normalized spacial score (nSPS) is 20.4. The standard InChI is InChI=1S/C18H24N2O4/c1-18(2,3)13-9-19-16(22)15(13)17(23)20-10-14(21)24-11-12-7-5-4-6-8-12/h4-8,13,15H,9-11H2,1-3H3,(H,19,22)(H,20,23). The molecule has 0 spiro atoms. The summed E-state index contributed by atoms with van der Waals surface area (Å²) in [6, 6.07) is 9.29. The summed E-state index contributed by atoms with van der Waals surface area (Å²) < 4.78 is 5.11. The number of hydrogen-bond donors (Lipinski definition) is 2. The van der Waals surface area contributed by atoms with E-state index in [0.717, 1.165) is 5.56 Å². The Morgan fingerprint density at radius 2 is 1.92 bits per heavy atom. The fraction of sp³-hybridized carbons (Fsp3) is 0.500. The Bertz CT molecular complexity index is 607. The van der Waals surface area contributed by atoms with Gasteiger partial charge in [-0.1, -0.05) is 51.1 Å². The first-order valence-corrected chi connectivity index (χ1v) is 8.04. The molecule has 1 saturated heterocycles. The number of esters is 1. The van der Waals surface area contributed by atoms with Crippen LogP contribution in [0.2, 0.25) is 0 Å². The molecule has 1 aliphatic heterocycles. The minimum absolute atomic E-state index is 0.106. The van der Waals surface area contributed by atoms with Crippen LogP contribution in [0, 0.1) is 17.3 Å². The van der Waals surface area contributed by atoms with Crippen LogP contribution in [0.4, 0.5) is 0 Å². The third kappa shape index (κ3) is 4.57. The minimum Gasteiger partial charge on any atom is -0.460 e. The van der Waals surface area contributed by atoms with Crippen LogP contribution in [0.15, 0.2) is 30.3 Å². The molecule has 2 amide bonds. The number of nitrogens with one attached hydrogen (secondary N) is 2. The Morgan fingerprint density at radius 1 is 1.25 bits per heavy atom. The van der Waals surface area contributed by atoms with E-state index in [4.69, 9.17) is 4.74 Å². The summed E-state index contributed by atoms with van der Waals surface area (Å²) >= 11 is 0. The molecule has 1 aliphatic rings. The Balaban J connectivity index is 1.83. The zero-order chi connectivity index (χ0) is 17.7. The van der Waals surface area contributed by atoms with Crippen molar-refractivity contribution in [3.05, 3.63) is 35.9 Å². The average Bonchev–Trinajstić information content (AvgIpc) is 2.93. The van der Waals surface area contributed by atoms with E-state index in [1.54, 1.807) is 0 Å². The molecule has 2 N–H and O–H groups in total. The SMILES string of the molecule is CC(C)(C)C1CNC(=O)C1C(=O)NCC(=O)OCc1ccccc1. The van der Waals surface area contributed by atoms with E-state index < -0.39 is 17.8 Å². The smallest absolute Gasteiger partial charge is 0.325 e. The maximum atomic E-state index is 12.3. The largest absolute Gasteiger partial charge is 0.460 e. The topological polar surface area (TPSA) is 84.5 Å². The summed E-state index contributed by atoms with van der Waals surface area (Å²) in [5.74, 6) is -2.12. The average molecular weight is 332 g/mol. The van der Waals surface area contributed by atoms with Gasteiger partial charge in [-0.05, 0) is 11.0 Å². The fourth-order valence-electron chi connectivity index (χ4n) is 2.79. The van der Waals surface area contributed by atoms with E-state index >= 15 is 0 Å². The van der Waals surface area contributed by atoms with Gasteiger partial charge in [-0.15, -0.1) is 0 Å². The van der Waals surface area contributed by atoms with Crippen LogP contribution in [0.25, 0.3) is 0 Å². The first-order valence-electron chi connectivity index (χ1n) is 8.04. The zero-order valence-corrected chi connectivity index (χ0v) is 14.3. The van der Waals surface area contributed by atoms with Gasteiger partial charge in [0.2, 0.25) is 11.8 Å². The quantitative estimate of drug-likeness (QED) is 0.628. The fourth-order valence-corrected chi connectivity index (χ4v) is 2.79. The molecule has 2 atom stereocenters. The Labute approximate surface area is 142 Å². The van der Waals surface area contributed by atoms with Gasteiger partial charge in [0, 0.05) is 12.5 Å². The van der Waals surface area contributed by atoms with Crippen molar-refractivity contribution in [3.8, 4) is 0 Å². The van der Waals surface area contributed by atoms with Gasteiger partial charge in [0.05, 0.1) is 0 Å². The van der Waals surface area contributed by atoms with Gasteiger partial charge in [-0.3, -0.25) is 14.4 Å². The minimum atomic E-state index is -0.771. The highest BCUT2D eigenvalue weighted by molar-refractivity contribution is 6.02. The molecule has 0 aromatic heterocycles. The highest BCUT2D eigenvalue weighted by Gasteiger charge is 2.45. The molecule has 0 radical (unpaired) electrons. The molecule has 0 saturated carbocycles. The molecule has 2 unspecified atom stereocenters. The van der Waals surface area contributed by atoms with Gasteiger partial charge in [0.1, 0.15) is 19.1 Å². The van der Waals surface area contributed by atoms with Crippen LogP contribution in [-0.2, 0) is 25.7 Å². The van der Waals surface area contributed by atoms with Crippen LogP contribution >= 0.6 is 0 Å². The van der Waals surface area contributed by atoms with Crippen molar-refractivity contribution in [1.29, 1.82) is 0 Å². The van der Waals surface area contributed by atoms with Crippen LogP contribution in [-0.4, -0.2) is 30.9 Å². The van der Waals surface area contributed by atoms with Crippen molar-refractivity contribution in [1.82, 2.24) is 10.6 Å². The van der Waals surface area contributed by atoms with E-state index in [9.17, 15) is 14.4 Å². The van der Waals surface area contributed by atoms with E-state index in [0.29, 0.717) is 6.54 Å². The predicted molar refractivity (Wildman–Crippen MR) is 88.7 cm³/mol. The van der Waals surface area contributed by atoms with Gasteiger partial charge >= 0.3 is 5.97 Å². The number of benzene rings is 1. The van der Waals surface area contributed by atoms with E-state index in [1.165, 1.54) is 0 Å². The summed E-state index contributed by atoms with van der Waals surface area (Å²) in [5.41, 5.74) is 0.690. The highest BCUT2D eigenvalue weighted by Crippen LogP contribution is 2.35. The van der Waals surface area contributed by atoms with Gasteiger partial charge in [-0.2, -0.15) is 0 Å².